The van der Waals surface area contributed by atoms with Gasteiger partial charge < -0.3 is 30.4 Å². The molecule has 92 heavy (non-hydrogen) atoms. The number of rotatable bonds is 19. The summed E-state index contributed by atoms with van der Waals surface area (Å²) in [6, 6.07) is 34.5. The maximum atomic E-state index is 8.29. The van der Waals surface area contributed by atoms with E-state index in [9.17, 15) is 0 Å². The average molecular weight is 1490 g/mol. The fourth-order valence-electron chi connectivity index (χ4n) is 12.1. The van der Waals surface area contributed by atoms with Crippen LogP contribution in [0, 0.1) is 13.8 Å². The van der Waals surface area contributed by atoms with Crippen molar-refractivity contribution >= 4 is 117 Å². The van der Waals surface area contributed by atoms with E-state index in [0.717, 1.165) is 115 Å². The number of hydrogen-bond donors (Lipinski definition) is 4. The molecular weight excluding hydrogens is 1400 g/mol. The molecule has 16 nitrogen and oxygen atoms in total. The van der Waals surface area contributed by atoms with Crippen LogP contribution in [0.25, 0.3) is 66.3 Å². The Hall–Kier alpha value is -6.18. The van der Waals surface area contributed by atoms with Crippen molar-refractivity contribution in [3.8, 4) is 44.5 Å². The minimum Gasteiger partial charge on any atom is -0.350 e. The van der Waals surface area contributed by atoms with E-state index in [2.05, 4.69) is 226 Å². The van der Waals surface area contributed by atoms with Crippen molar-refractivity contribution in [2.24, 2.45) is 0 Å². The van der Waals surface area contributed by atoms with Crippen LogP contribution < -0.4 is 24.3 Å². The Balaban J connectivity index is 0.000000178. The van der Waals surface area contributed by atoms with Crippen LogP contribution in [-0.2, 0) is 23.1 Å². The molecule has 4 N–H and O–H groups in total. The van der Waals surface area contributed by atoms with Gasteiger partial charge in [0.1, 0.15) is 5.01 Å². The quantitative estimate of drug-likeness (QED) is 0.0557. The molecule has 12 rings (SSSR count). The molecule has 2 fully saturated rings. The Labute approximate surface area is 570 Å². The third-order valence-corrected chi connectivity index (χ3v) is 37.2. The van der Waals surface area contributed by atoms with Gasteiger partial charge in [-0.25, -0.2) is 24.9 Å². The summed E-state index contributed by atoms with van der Waals surface area (Å²) in [7, 11) is 0. The summed E-state index contributed by atoms with van der Waals surface area (Å²) < 4.78 is 44.9. The van der Waals surface area contributed by atoms with Crippen molar-refractivity contribution in [1.29, 1.82) is 0 Å². The summed E-state index contributed by atoms with van der Waals surface area (Å²) in [5, 5.41) is 21.9. The van der Waals surface area contributed by atoms with Gasteiger partial charge in [-0.15, -0.1) is 11.3 Å². The first kappa shape index (κ1) is 71.7. The summed E-state index contributed by atoms with van der Waals surface area (Å²) >= 11 is 3.63. The SMILES string of the molecule is CCC[CH2][Sn]([CH2]CCC)([CH2]CCC)[c]1nccs1.Cc1cnc(N[C@H]2CCC(C)(C)NC2)nc1-c1cn(-c2ccccc2)c2cc(-c3nccs3)ccc12.Cc1cnc(N[C@H]2CCC(C)(C)NC2)nc1-c1cn(-c2ccccc2)c2cc(Br)ccc12.O=S=O.O=S=O. The van der Waals surface area contributed by atoms with E-state index in [1.165, 1.54) is 43.9 Å². The molecule has 0 unspecified atom stereocenters. The normalized spacial score (nSPS) is 15.7. The van der Waals surface area contributed by atoms with Crippen LogP contribution in [-0.4, -0.2) is 111 Å². The number of nitrogens with one attached hydrogen (secondary N) is 4. The van der Waals surface area contributed by atoms with Gasteiger partial charge in [-0.3, -0.25) is 0 Å². The predicted molar refractivity (Wildman–Crippen MR) is 389 cm³/mol. The molecule has 0 bridgehead atoms. The number of fused-ring (bicyclic) bond motifs is 2. The van der Waals surface area contributed by atoms with Crippen LogP contribution in [0.4, 0.5) is 11.9 Å². The fraction of sp³-hybridized carbons (Fsp3) is 0.400. The van der Waals surface area contributed by atoms with Crippen molar-refractivity contribution < 1.29 is 16.8 Å². The zero-order valence-electron chi connectivity index (χ0n) is 54.3. The van der Waals surface area contributed by atoms with Gasteiger partial charge in [-0.2, -0.15) is 16.8 Å². The van der Waals surface area contributed by atoms with Crippen LogP contribution in [0.15, 0.2) is 149 Å². The molecule has 0 radical (unpaired) electrons. The molecule has 8 heterocycles. The number of thiazole rings is 2. The molecule has 10 aromatic rings. The molecule has 0 saturated carbocycles. The summed E-state index contributed by atoms with van der Waals surface area (Å²) in [6.07, 6.45) is 24.9. The van der Waals surface area contributed by atoms with Crippen LogP contribution >= 0.6 is 38.6 Å². The van der Waals surface area contributed by atoms with Gasteiger partial charge >= 0.3 is 145 Å². The predicted octanol–water partition coefficient (Wildman–Crippen LogP) is 16.4. The molecule has 22 heteroatoms. The average Bonchev–Trinajstić information content (AvgIpc) is 1.62. The number of aryl methyl sites for hydroxylation is 2. The van der Waals surface area contributed by atoms with Gasteiger partial charge in [0.05, 0.1) is 22.4 Å². The Morgan fingerprint density at radius 1 is 0.598 bits per heavy atom. The van der Waals surface area contributed by atoms with Crippen LogP contribution in [0.1, 0.15) is 124 Å². The van der Waals surface area contributed by atoms with Crippen LogP contribution in [0.2, 0.25) is 13.3 Å². The van der Waals surface area contributed by atoms with Crippen molar-refractivity contribution in [2.45, 2.75) is 163 Å². The summed E-state index contributed by atoms with van der Waals surface area (Å²) in [5.41, 5.74) is 12.3. The number of nitrogens with zero attached hydrogens (tertiary/aromatic N) is 8. The van der Waals surface area contributed by atoms with Gasteiger partial charge in [-0.1, -0.05) is 70.5 Å². The Kier molecular flexibility index (Phi) is 27.1. The zero-order chi connectivity index (χ0) is 65.7. The van der Waals surface area contributed by atoms with Gasteiger partial charge in [0, 0.05) is 116 Å². The summed E-state index contributed by atoms with van der Waals surface area (Å²) in [6.45, 7) is 22.0. The van der Waals surface area contributed by atoms with Crippen molar-refractivity contribution in [1.82, 2.24) is 49.7 Å². The third-order valence-electron chi connectivity index (χ3n) is 17.2. The van der Waals surface area contributed by atoms with Crippen LogP contribution in [0.3, 0.4) is 0 Å². The van der Waals surface area contributed by atoms with Gasteiger partial charge in [0.15, 0.2) is 0 Å². The topological polar surface area (TPSA) is 204 Å². The molecule has 4 aromatic carbocycles. The van der Waals surface area contributed by atoms with E-state index >= 15 is 0 Å². The number of unbranched alkanes of at least 4 members (excludes halogenated alkanes) is 3. The number of piperidine rings is 2. The molecule has 486 valence electrons. The van der Waals surface area contributed by atoms with E-state index in [1.807, 2.05) is 53.6 Å². The Bertz CT molecular complexity index is 3950. The number of para-hydroxylation sites is 2. The van der Waals surface area contributed by atoms with Crippen LogP contribution in [0.5, 0.6) is 0 Å². The minimum atomic E-state index is -2.12. The molecule has 0 aliphatic carbocycles. The van der Waals surface area contributed by atoms with Gasteiger partial charge in [-0.05, 0) is 121 Å². The summed E-state index contributed by atoms with van der Waals surface area (Å²) in [5.74, 6) is 1.37. The number of halogens is 1. The Morgan fingerprint density at radius 3 is 1.46 bits per heavy atom. The van der Waals surface area contributed by atoms with E-state index in [4.69, 9.17) is 31.8 Å². The summed E-state index contributed by atoms with van der Waals surface area (Å²) in [4.78, 5) is 28.5. The first-order valence-electron chi connectivity index (χ1n) is 31.9. The van der Waals surface area contributed by atoms with Gasteiger partial charge in [0.25, 0.3) is 0 Å². The first-order valence-corrected chi connectivity index (χ1v) is 43.3. The van der Waals surface area contributed by atoms with E-state index < -0.39 is 41.5 Å². The molecule has 0 amide bonds. The number of aromatic nitrogens is 8. The van der Waals surface area contributed by atoms with Gasteiger partial charge in [0.2, 0.25) is 11.9 Å². The molecule has 2 atom stereocenters. The second kappa shape index (κ2) is 34.8. The molecule has 2 aliphatic rings. The molecule has 2 aliphatic heterocycles. The first-order chi connectivity index (χ1) is 44.5. The molecule has 0 spiro atoms. The number of hydrogen-bond acceptors (Lipinski definition) is 16. The second-order valence-corrected chi connectivity index (χ2v) is 42.0. The van der Waals surface area contributed by atoms with E-state index in [-0.39, 0.29) is 11.1 Å². The second-order valence-electron chi connectivity index (χ2n) is 25.0. The smallest absolute Gasteiger partial charge is 0.335 e. The zero-order valence-corrected chi connectivity index (χ0v) is 62.0. The largest absolute Gasteiger partial charge is 0.350 e. The van der Waals surface area contributed by atoms with E-state index in [1.54, 1.807) is 27.7 Å². The van der Waals surface area contributed by atoms with E-state index in [0.29, 0.717) is 24.0 Å². The number of anilines is 2. The third kappa shape index (κ3) is 19.2. The fourth-order valence-corrected chi connectivity index (χ4v) is 32.2. The monoisotopic (exact) mass is 1490 g/mol. The minimum absolute atomic E-state index is 0.189. The maximum Gasteiger partial charge on any atom is 0.335 e. The molecular formula is C70H87BrN12O4S4Sn. The molecule has 2 saturated heterocycles. The maximum absolute atomic E-state index is 8.29. The van der Waals surface area contributed by atoms with Crippen molar-refractivity contribution in [3.63, 3.8) is 0 Å². The Morgan fingerprint density at radius 2 is 1.04 bits per heavy atom. The molecule has 6 aromatic heterocycles. The number of benzene rings is 4. The van der Waals surface area contributed by atoms with Crippen molar-refractivity contribution in [2.75, 3.05) is 23.7 Å². The standard InChI is InChI=1S/C29H30N6S.C26H28BrN5.3C4H9.C3H2NS.2O2S.Sn/c1-19-16-31-28(33-21-11-12-29(2,3)32-17-21)34-26(19)24-18-35(22-7-5-4-6-8-22)25-15-20(9-10-23(24)25)27-30-13-14-36-27;1-17-14-28-25(30-19-11-12-26(2,3)29-15-19)31-24(17)22-16-32(20-7-5-4-6-8-20)23-13-18(27)9-10-21(22)23;3*1-3-4-2;1-2-5-3-4-1;2*1-3-2;/h4-10,13-16,18,21,32H,11-12,17H2,1-3H3,(H,31,33,34);4-10,13-14,16,19,29H,11-12,15H2,1-3H3,(H,28,30,31);3*1,3-4H2,2H3;1-2H;;;/t21-;19-;;;;;;;/m00......./s1. The van der Waals surface area contributed by atoms with Crippen molar-refractivity contribution in [3.05, 3.63) is 161 Å².